The lowest BCUT2D eigenvalue weighted by molar-refractivity contribution is 0.310. The van der Waals surface area contributed by atoms with E-state index >= 15 is 0 Å². The monoisotopic (exact) mass is 293 g/mol. The molecule has 0 unspecified atom stereocenters. The minimum Gasteiger partial charge on any atom is -0.488 e. The van der Waals surface area contributed by atoms with Gasteiger partial charge in [-0.25, -0.2) is 0 Å². The van der Waals surface area contributed by atoms with E-state index in [9.17, 15) is 0 Å². The summed E-state index contributed by atoms with van der Waals surface area (Å²) in [6.45, 7) is 0.398. The van der Waals surface area contributed by atoms with Crippen LogP contribution in [0.3, 0.4) is 0 Å². The van der Waals surface area contributed by atoms with E-state index in [2.05, 4.69) is 6.07 Å². The second kappa shape index (κ2) is 5.87. The largest absolute Gasteiger partial charge is 0.488 e. The van der Waals surface area contributed by atoms with Gasteiger partial charge >= 0.3 is 0 Å². The highest BCUT2D eigenvalue weighted by molar-refractivity contribution is 6.31. The SMILES string of the molecule is N#Cc1ccc(OCc2ccccc2Cl)c2ccccc12. The average molecular weight is 294 g/mol. The Bertz CT molecular complexity index is 836. The summed E-state index contributed by atoms with van der Waals surface area (Å²) < 4.78 is 5.89. The molecular weight excluding hydrogens is 282 g/mol. The number of benzene rings is 3. The van der Waals surface area contributed by atoms with Gasteiger partial charge in [0.2, 0.25) is 0 Å². The molecule has 0 aliphatic rings. The van der Waals surface area contributed by atoms with Crippen LogP contribution in [0.15, 0.2) is 60.7 Å². The Morgan fingerprint density at radius 3 is 2.38 bits per heavy atom. The van der Waals surface area contributed by atoms with E-state index in [1.165, 1.54) is 0 Å². The second-order valence-corrected chi connectivity index (χ2v) is 5.06. The zero-order valence-electron chi connectivity index (χ0n) is 11.2. The molecule has 3 aromatic rings. The lowest BCUT2D eigenvalue weighted by Gasteiger charge is -2.11. The van der Waals surface area contributed by atoms with Gasteiger partial charge in [0, 0.05) is 21.4 Å². The summed E-state index contributed by atoms with van der Waals surface area (Å²) in [5, 5.41) is 11.7. The normalized spacial score (nSPS) is 10.3. The van der Waals surface area contributed by atoms with Gasteiger partial charge in [0.1, 0.15) is 12.4 Å². The molecule has 0 amide bonds. The number of fused-ring (bicyclic) bond motifs is 1. The third-order valence-electron chi connectivity index (χ3n) is 3.35. The summed E-state index contributed by atoms with van der Waals surface area (Å²) in [5.41, 5.74) is 1.59. The Balaban J connectivity index is 1.95. The van der Waals surface area contributed by atoms with Crippen molar-refractivity contribution < 1.29 is 4.74 Å². The van der Waals surface area contributed by atoms with Crippen LogP contribution in [-0.4, -0.2) is 0 Å². The quantitative estimate of drug-likeness (QED) is 0.685. The summed E-state index contributed by atoms with van der Waals surface area (Å²) in [6.07, 6.45) is 0. The zero-order valence-corrected chi connectivity index (χ0v) is 12.0. The van der Waals surface area contributed by atoms with Gasteiger partial charge < -0.3 is 4.74 Å². The predicted octanol–water partition coefficient (Wildman–Crippen LogP) is 4.94. The molecule has 0 atom stereocenters. The van der Waals surface area contributed by atoms with Gasteiger partial charge in [-0.1, -0.05) is 54.1 Å². The maximum absolute atomic E-state index is 9.16. The molecule has 0 fully saturated rings. The second-order valence-electron chi connectivity index (χ2n) is 4.65. The van der Waals surface area contributed by atoms with Crippen LogP contribution >= 0.6 is 11.6 Å². The molecule has 102 valence electrons. The number of nitriles is 1. The molecule has 3 heteroatoms. The highest BCUT2D eigenvalue weighted by atomic mass is 35.5. The summed E-state index contributed by atoms with van der Waals surface area (Å²) in [5.74, 6) is 0.754. The molecule has 0 aromatic heterocycles. The molecule has 0 bridgehead atoms. The molecule has 3 rings (SSSR count). The Kier molecular flexibility index (Phi) is 3.77. The molecule has 0 heterocycles. The Labute approximate surface area is 128 Å². The van der Waals surface area contributed by atoms with Crippen molar-refractivity contribution in [2.24, 2.45) is 0 Å². The standard InChI is InChI=1S/C18H12ClNO/c19-17-8-4-1-5-14(17)12-21-18-10-9-13(11-20)15-6-2-3-7-16(15)18/h1-10H,12H2. The summed E-state index contributed by atoms with van der Waals surface area (Å²) in [6, 6.07) is 21.2. The highest BCUT2D eigenvalue weighted by Gasteiger charge is 2.07. The van der Waals surface area contributed by atoms with Crippen LogP contribution in [0.5, 0.6) is 5.75 Å². The van der Waals surface area contributed by atoms with Gasteiger partial charge in [0.15, 0.2) is 0 Å². The lowest BCUT2D eigenvalue weighted by Crippen LogP contribution is -1.97. The molecule has 0 saturated carbocycles. The summed E-state index contributed by atoms with van der Waals surface area (Å²) in [7, 11) is 0. The molecule has 0 N–H and O–H groups in total. The first kappa shape index (κ1) is 13.5. The van der Waals surface area contributed by atoms with Crippen LogP contribution in [0, 0.1) is 11.3 Å². The van der Waals surface area contributed by atoms with Crippen LogP contribution in [0.4, 0.5) is 0 Å². The Morgan fingerprint density at radius 2 is 1.62 bits per heavy atom. The highest BCUT2D eigenvalue weighted by Crippen LogP contribution is 2.29. The molecule has 0 radical (unpaired) electrons. The van der Waals surface area contributed by atoms with Crippen LogP contribution in [0.1, 0.15) is 11.1 Å². The molecule has 0 spiro atoms. The van der Waals surface area contributed by atoms with Crippen molar-refractivity contribution in [1.82, 2.24) is 0 Å². The fourth-order valence-corrected chi connectivity index (χ4v) is 2.46. The Morgan fingerprint density at radius 1 is 0.905 bits per heavy atom. The third kappa shape index (κ3) is 2.69. The van der Waals surface area contributed by atoms with Gasteiger partial charge in [-0.05, 0) is 18.2 Å². The van der Waals surface area contributed by atoms with Crippen molar-refractivity contribution >= 4 is 22.4 Å². The van der Waals surface area contributed by atoms with Gasteiger partial charge in [0.05, 0.1) is 11.6 Å². The zero-order chi connectivity index (χ0) is 14.7. The van der Waals surface area contributed by atoms with Crippen LogP contribution in [0.25, 0.3) is 10.8 Å². The van der Waals surface area contributed by atoms with Crippen molar-refractivity contribution in [3.63, 3.8) is 0 Å². The minimum atomic E-state index is 0.398. The molecule has 2 nitrogen and oxygen atoms in total. The number of hydrogen-bond donors (Lipinski definition) is 0. The van der Waals surface area contributed by atoms with E-state index in [-0.39, 0.29) is 0 Å². The Hall–Kier alpha value is -2.50. The third-order valence-corrected chi connectivity index (χ3v) is 3.71. The van der Waals surface area contributed by atoms with E-state index in [0.29, 0.717) is 17.2 Å². The number of ether oxygens (including phenoxy) is 1. The minimum absolute atomic E-state index is 0.398. The molecule has 0 aliphatic carbocycles. The van der Waals surface area contributed by atoms with E-state index < -0.39 is 0 Å². The van der Waals surface area contributed by atoms with Gasteiger partial charge in [-0.2, -0.15) is 5.26 Å². The van der Waals surface area contributed by atoms with Crippen LogP contribution in [-0.2, 0) is 6.61 Å². The fourth-order valence-electron chi connectivity index (χ4n) is 2.27. The fraction of sp³-hybridized carbons (Fsp3) is 0.0556. The first-order chi connectivity index (χ1) is 10.3. The first-order valence-electron chi connectivity index (χ1n) is 6.57. The molecule has 3 aromatic carbocycles. The van der Waals surface area contributed by atoms with Crippen molar-refractivity contribution in [2.75, 3.05) is 0 Å². The lowest BCUT2D eigenvalue weighted by atomic mass is 10.0. The van der Waals surface area contributed by atoms with Crippen LogP contribution in [0.2, 0.25) is 5.02 Å². The average Bonchev–Trinajstić information content (AvgIpc) is 2.54. The smallest absolute Gasteiger partial charge is 0.127 e. The van der Waals surface area contributed by atoms with E-state index in [0.717, 1.165) is 22.1 Å². The molecular formula is C18H12ClNO. The van der Waals surface area contributed by atoms with Crippen molar-refractivity contribution in [3.05, 3.63) is 76.8 Å². The number of hydrogen-bond acceptors (Lipinski definition) is 2. The maximum atomic E-state index is 9.16. The van der Waals surface area contributed by atoms with Crippen molar-refractivity contribution in [3.8, 4) is 11.8 Å². The summed E-state index contributed by atoms with van der Waals surface area (Å²) >= 11 is 6.13. The first-order valence-corrected chi connectivity index (χ1v) is 6.95. The molecule has 0 aliphatic heterocycles. The molecule has 0 saturated heterocycles. The van der Waals surface area contributed by atoms with Gasteiger partial charge in [0.25, 0.3) is 0 Å². The van der Waals surface area contributed by atoms with Gasteiger partial charge in [-0.15, -0.1) is 0 Å². The van der Waals surface area contributed by atoms with E-state index in [4.69, 9.17) is 21.6 Å². The molecule has 21 heavy (non-hydrogen) atoms. The number of nitrogens with zero attached hydrogens (tertiary/aromatic N) is 1. The van der Waals surface area contributed by atoms with E-state index in [1.54, 1.807) is 6.07 Å². The maximum Gasteiger partial charge on any atom is 0.127 e. The predicted molar refractivity (Wildman–Crippen MR) is 84.4 cm³/mol. The van der Waals surface area contributed by atoms with Crippen molar-refractivity contribution in [2.45, 2.75) is 6.61 Å². The number of halogens is 1. The van der Waals surface area contributed by atoms with E-state index in [1.807, 2.05) is 54.6 Å². The number of rotatable bonds is 3. The topological polar surface area (TPSA) is 33.0 Å². The van der Waals surface area contributed by atoms with Gasteiger partial charge in [-0.3, -0.25) is 0 Å². The summed E-state index contributed by atoms with van der Waals surface area (Å²) in [4.78, 5) is 0. The van der Waals surface area contributed by atoms with Crippen LogP contribution < -0.4 is 4.74 Å². The van der Waals surface area contributed by atoms with Crippen molar-refractivity contribution in [1.29, 1.82) is 5.26 Å².